The zero-order chi connectivity index (χ0) is 18.9. The first-order chi connectivity index (χ1) is 12.5. The topological polar surface area (TPSA) is 69.2 Å². The van der Waals surface area contributed by atoms with Crippen LogP contribution in [-0.2, 0) is 4.79 Å². The Hall–Kier alpha value is -2.06. The fourth-order valence-corrected chi connectivity index (χ4v) is 3.20. The molecule has 2 aromatic carbocycles. The van der Waals surface area contributed by atoms with Gasteiger partial charge in [0.1, 0.15) is 5.75 Å². The molecule has 8 heteroatoms. The summed E-state index contributed by atoms with van der Waals surface area (Å²) in [5, 5.41) is 3.95. The van der Waals surface area contributed by atoms with Gasteiger partial charge in [0.05, 0.1) is 24.4 Å². The van der Waals surface area contributed by atoms with Gasteiger partial charge >= 0.3 is 0 Å². The van der Waals surface area contributed by atoms with Gasteiger partial charge in [-0.3, -0.25) is 4.79 Å². The lowest BCUT2D eigenvalue weighted by molar-refractivity contribution is -0.123. The van der Waals surface area contributed by atoms with Crippen LogP contribution in [0.25, 0.3) is 0 Å². The molecule has 6 nitrogen and oxygen atoms in total. The molecule has 0 atom stereocenters. The van der Waals surface area contributed by atoms with Crippen LogP contribution in [-0.4, -0.2) is 32.4 Å². The Morgan fingerprint density at radius 3 is 2.69 bits per heavy atom. The number of hydrogen-bond acceptors (Lipinski definition) is 5. The van der Waals surface area contributed by atoms with Crippen LogP contribution >= 0.6 is 31.9 Å². The van der Waals surface area contributed by atoms with E-state index >= 15 is 0 Å². The number of ether oxygens (including phenoxy) is 3. The minimum absolute atomic E-state index is 0.159. The molecular formula is C18H18Br2N2O4. The molecule has 0 fully saturated rings. The molecule has 0 heterocycles. The summed E-state index contributed by atoms with van der Waals surface area (Å²) in [5.74, 6) is 1.37. The van der Waals surface area contributed by atoms with E-state index in [9.17, 15) is 4.79 Å². The smallest absolute Gasteiger partial charge is 0.277 e. The van der Waals surface area contributed by atoms with E-state index < -0.39 is 0 Å². The van der Waals surface area contributed by atoms with Crippen molar-refractivity contribution in [3.8, 4) is 17.2 Å². The van der Waals surface area contributed by atoms with Crippen LogP contribution in [0.15, 0.2) is 50.4 Å². The average molecular weight is 486 g/mol. The number of amides is 1. The first-order valence-electron chi connectivity index (χ1n) is 7.74. The van der Waals surface area contributed by atoms with Crippen LogP contribution in [0.3, 0.4) is 0 Å². The van der Waals surface area contributed by atoms with Gasteiger partial charge in [-0.1, -0.05) is 22.0 Å². The number of nitrogens with one attached hydrogen (secondary N) is 1. The minimum Gasteiger partial charge on any atom is -0.493 e. The normalized spacial score (nSPS) is 10.6. The monoisotopic (exact) mass is 484 g/mol. The number of para-hydroxylation sites is 1. The highest BCUT2D eigenvalue weighted by Gasteiger charge is 2.09. The van der Waals surface area contributed by atoms with Gasteiger partial charge < -0.3 is 14.2 Å². The zero-order valence-corrected chi connectivity index (χ0v) is 17.5. The predicted octanol–water partition coefficient (Wildman–Crippen LogP) is 4.15. The summed E-state index contributed by atoms with van der Waals surface area (Å²) in [4.78, 5) is 11.9. The second-order valence-electron chi connectivity index (χ2n) is 4.97. The van der Waals surface area contributed by atoms with E-state index in [-0.39, 0.29) is 12.5 Å². The van der Waals surface area contributed by atoms with Gasteiger partial charge in [0.25, 0.3) is 5.91 Å². The highest BCUT2D eigenvalue weighted by atomic mass is 79.9. The Morgan fingerprint density at radius 1 is 1.19 bits per heavy atom. The molecule has 0 bridgehead atoms. The van der Waals surface area contributed by atoms with E-state index in [1.54, 1.807) is 19.2 Å². The Bertz CT molecular complexity index is 797. The Morgan fingerprint density at radius 2 is 2.00 bits per heavy atom. The summed E-state index contributed by atoms with van der Waals surface area (Å²) < 4.78 is 18.0. The molecule has 0 spiro atoms. The van der Waals surface area contributed by atoms with Gasteiger partial charge in [0, 0.05) is 10.0 Å². The van der Waals surface area contributed by atoms with E-state index in [1.807, 2.05) is 31.2 Å². The third-order valence-electron chi connectivity index (χ3n) is 3.16. The summed E-state index contributed by atoms with van der Waals surface area (Å²) >= 11 is 6.73. The molecule has 0 unspecified atom stereocenters. The molecule has 0 saturated carbocycles. The van der Waals surface area contributed by atoms with E-state index in [2.05, 4.69) is 42.4 Å². The SMILES string of the molecule is CCOc1c(/C=N/NC(=O)COc2ccc(Br)cc2Br)cccc1OC. The molecule has 0 aliphatic rings. The zero-order valence-electron chi connectivity index (χ0n) is 14.3. The quantitative estimate of drug-likeness (QED) is 0.450. The Balaban J connectivity index is 1.94. The van der Waals surface area contributed by atoms with Crippen LogP contribution in [0.1, 0.15) is 12.5 Å². The first kappa shape index (κ1) is 20.3. The molecular weight excluding hydrogens is 468 g/mol. The maximum Gasteiger partial charge on any atom is 0.277 e. The molecule has 0 aromatic heterocycles. The number of methoxy groups -OCH3 is 1. The molecule has 0 saturated heterocycles. The number of carbonyl (C=O) groups is 1. The second-order valence-corrected chi connectivity index (χ2v) is 6.74. The number of halogens is 2. The maximum atomic E-state index is 11.9. The molecule has 1 N–H and O–H groups in total. The third kappa shape index (κ3) is 5.74. The van der Waals surface area contributed by atoms with Crippen molar-refractivity contribution in [2.75, 3.05) is 20.3 Å². The van der Waals surface area contributed by atoms with E-state index in [0.717, 1.165) is 8.95 Å². The lowest BCUT2D eigenvalue weighted by Gasteiger charge is -2.11. The highest BCUT2D eigenvalue weighted by molar-refractivity contribution is 9.11. The number of nitrogens with zero attached hydrogens (tertiary/aromatic N) is 1. The summed E-state index contributed by atoms with van der Waals surface area (Å²) in [7, 11) is 1.57. The maximum absolute atomic E-state index is 11.9. The predicted molar refractivity (Wildman–Crippen MR) is 107 cm³/mol. The summed E-state index contributed by atoms with van der Waals surface area (Å²) in [6.45, 7) is 2.21. The van der Waals surface area contributed by atoms with Gasteiger partial charge in [-0.2, -0.15) is 5.10 Å². The van der Waals surface area contributed by atoms with Crippen LogP contribution in [0.5, 0.6) is 17.2 Å². The molecule has 2 rings (SSSR count). The van der Waals surface area contributed by atoms with Crippen molar-refractivity contribution >= 4 is 44.0 Å². The lowest BCUT2D eigenvalue weighted by atomic mass is 10.2. The standard InChI is InChI=1S/C18H18Br2N2O4/c1-3-25-18-12(5-4-6-16(18)24-2)10-21-22-17(23)11-26-15-8-7-13(19)9-14(15)20/h4-10H,3,11H2,1-2H3,(H,22,23)/b21-10+. The third-order valence-corrected chi connectivity index (χ3v) is 4.28. The molecule has 0 aliphatic carbocycles. The second kappa shape index (κ2) is 10.2. The minimum atomic E-state index is -0.378. The van der Waals surface area contributed by atoms with Gasteiger partial charge in [0.2, 0.25) is 0 Å². The number of carbonyl (C=O) groups excluding carboxylic acids is 1. The van der Waals surface area contributed by atoms with Crippen LogP contribution in [0, 0.1) is 0 Å². The molecule has 0 radical (unpaired) electrons. The van der Waals surface area contributed by atoms with E-state index in [0.29, 0.717) is 29.4 Å². The number of hydrazone groups is 1. The highest BCUT2D eigenvalue weighted by Crippen LogP contribution is 2.30. The van der Waals surface area contributed by atoms with Gasteiger partial charge in [-0.15, -0.1) is 0 Å². The summed E-state index contributed by atoms with van der Waals surface area (Å²) in [6, 6.07) is 10.9. The van der Waals surface area contributed by atoms with E-state index in [1.165, 1.54) is 6.21 Å². The molecule has 0 aliphatic heterocycles. The van der Waals surface area contributed by atoms with Crippen molar-refractivity contribution in [3.63, 3.8) is 0 Å². The van der Waals surface area contributed by atoms with Crippen molar-refractivity contribution in [3.05, 3.63) is 50.9 Å². The van der Waals surface area contributed by atoms with Crippen molar-refractivity contribution < 1.29 is 19.0 Å². The number of hydrogen-bond donors (Lipinski definition) is 1. The number of benzene rings is 2. The lowest BCUT2D eigenvalue weighted by Crippen LogP contribution is -2.24. The molecule has 2 aromatic rings. The summed E-state index contributed by atoms with van der Waals surface area (Å²) in [6.07, 6.45) is 1.50. The van der Waals surface area contributed by atoms with Gasteiger partial charge in [-0.05, 0) is 53.2 Å². The molecule has 138 valence electrons. The van der Waals surface area contributed by atoms with Gasteiger partial charge in [-0.25, -0.2) is 5.43 Å². The van der Waals surface area contributed by atoms with Crippen molar-refractivity contribution in [2.24, 2.45) is 5.10 Å². The molecule has 26 heavy (non-hydrogen) atoms. The van der Waals surface area contributed by atoms with E-state index in [4.69, 9.17) is 14.2 Å². The largest absolute Gasteiger partial charge is 0.493 e. The fourth-order valence-electron chi connectivity index (χ4n) is 2.04. The fraction of sp³-hybridized carbons (Fsp3) is 0.222. The van der Waals surface area contributed by atoms with Crippen LogP contribution in [0.4, 0.5) is 0 Å². The molecule has 1 amide bonds. The van der Waals surface area contributed by atoms with Crippen molar-refractivity contribution in [2.45, 2.75) is 6.92 Å². The average Bonchev–Trinajstić information content (AvgIpc) is 2.62. The first-order valence-corrected chi connectivity index (χ1v) is 9.33. The van der Waals surface area contributed by atoms with Crippen LogP contribution in [0.2, 0.25) is 0 Å². The number of rotatable bonds is 8. The van der Waals surface area contributed by atoms with Crippen molar-refractivity contribution in [1.29, 1.82) is 0 Å². The Labute approximate surface area is 168 Å². The Kier molecular flexibility index (Phi) is 7.93. The van der Waals surface area contributed by atoms with Gasteiger partial charge in [0.15, 0.2) is 18.1 Å². The van der Waals surface area contributed by atoms with Crippen molar-refractivity contribution in [1.82, 2.24) is 5.43 Å². The summed E-state index contributed by atoms with van der Waals surface area (Å²) in [5.41, 5.74) is 3.12. The van der Waals surface area contributed by atoms with Crippen LogP contribution < -0.4 is 19.6 Å².